The van der Waals surface area contributed by atoms with E-state index < -0.39 is 0 Å². The maximum atomic E-state index is 11.8. The molecule has 1 aromatic carbocycles. The predicted molar refractivity (Wildman–Crippen MR) is 72.7 cm³/mol. The molecule has 0 saturated heterocycles. The summed E-state index contributed by atoms with van der Waals surface area (Å²) >= 11 is 1.63. The van der Waals surface area contributed by atoms with Crippen molar-refractivity contribution in [2.24, 2.45) is 0 Å². The SMILES string of the molecule is Cc1cscc1CNC(=O)Cc1ccccc1O. The number of carbonyl (C=O) groups is 1. The normalized spacial score (nSPS) is 10.3. The van der Waals surface area contributed by atoms with Crippen molar-refractivity contribution in [3.8, 4) is 5.75 Å². The number of phenols is 1. The lowest BCUT2D eigenvalue weighted by Gasteiger charge is -2.06. The molecule has 0 fully saturated rings. The van der Waals surface area contributed by atoms with Crippen LogP contribution in [0.3, 0.4) is 0 Å². The first-order valence-corrected chi connectivity index (χ1v) is 6.66. The van der Waals surface area contributed by atoms with E-state index in [1.54, 1.807) is 29.5 Å². The molecule has 2 rings (SSSR count). The molecule has 0 aliphatic rings. The molecule has 0 aliphatic heterocycles. The molecule has 18 heavy (non-hydrogen) atoms. The Balaban J connectivity index is 1.90. The highest BCUT2D eigenvalue weighted by molar-refractivity contribution is 7.08. The summed E-state index contributed by atoms with van der Waals surface area (Å²) in [5.41, 5.74) is 2.99. The molecule has 2 aromatic rings. The van der Waals surface area contributed by atoms with Crippen molar-refractivity contribution in [2.45, 2.75) is 19.9 Å². The zero-order chi connectivity index (χ0) is 13.0. The maximum absolute atomic E-state index is 11.8. The number of amides is 1. The fraction of sp³-hybridized carbons (Fsp3) is 0.214. The number of rotatable bonds is 4. The fourth-order valence-electron chi connectivity index (χ4n) is 1.66. The second-order valence-corrected chi connectivity index (χ2v) is 4.91. The van der Waals surface area contributed by atoms with Gasteiger partial charge in [-0.1, -0.05) is 18.2 Å². The average Bonchev–Trinajstić information content (AvgIpc) is 2.75. The van der Waals surface area contributed by atoms with Crippen LogP contribution in [0.5, 0.6) is 5.75 Å². The van der Waals surface area contributed by atoms with Gasteiger partial charge in [0.05, 0.1) is 6.42 Å². The molecule has 94 valence electrons. The van der Waals surface area contributed by atoms with E-state index in [9.17, 15) is 9.90 Å². The van der Waals surface area contributed by atoms with Crippen molar-refractivity contribution in [2.75, 3.05) is 0 Å². The summed E-state index contributed by atoms with van der Waals surface area (Å²) in [5.74, 6) is 0.0847. The molecule has 0 saturated carbocycles. The molecular weight excluding hydrogens is 246 g/mol. The molecule has 0 bridgehead atoms. The Morgan fingerprint density at radius 1 is 1.28 bits per heavy atom. The minimum atomic E-state index is -0.0814. The van der Waals surface area contributed by atoms with Crippen molar-refractivity contribution in [3.05, 3.63) is 51.7 Å². The van der Waals surface area contributed by atoms with Gasteiger partial charge in [-0.2, -0.15) is 11.3 Å². The van der Waals surface area contributed by atoms with Crippen LogP contribution in [0.1, 0.15) is 16.7 Å². The summed E-state index contributed by atoms with van der Waals surface area (Å²) in [7, 11) is 0. The van der Waals surface area contributed by atoms with Crippen LogP contribution in [-0.4, -0.2) is 11.0 Å². The molecule has 0 spiro atoms. The van der Waals surface area contributed by atoms with E-state index in [2.05, 4.69) is 10.7 Å². The predicted octanol–water partition coefficient (Wildman–Crippen LogP) is 2.62. The van der Waals surface area contributed by atoms with E-state index in [1.807, 2.05) is 18.4 Å². The van der Waals surface area contributed by atoms with Gasteiger partial charge in [-0.3, -0.25) is 4.79 Å². The van der Waals surface area contributed by atoms with Crippen LogP contribution >= 0.6 is 11.3 Å². The zero-order valence-corrected chi connectivity index (χ0v) is 11.0. The number of thiophene rings is 1. The van der Waals surface area contributed by atoms with Gasteiger partial charge in [0, 0.05) is 12.1 Å². The van der Waals surface area contributed by atoms with Crippen LogP contribution in [-0.2, 0) is 17.8 Å². The van der Waals surface area contributed by atoms with Crippen LogP contribution in [0, 0.1) is 6.92 Å². The third kappa shape index (κ3) is 3.11. The Hall–Kier alpha value is -1.81. The van der Waals surface area contributed by atoms with Gasteiger partial charge in [-0.15, -0.1) is 0 Å². The van der Waals surface area contributed by atoms with Gasteiger partial charge in [-0.25, -0.2) is 0 Å². The third-order valence-electron chi connectivity index (χ3n) is 2.78. The molecule has 3 nitrogen and oxygen atoms in total. The lowest BCUT2D eigenvalue weighted by atomic mass is 10.1. The number of nitrogens with one attached hydrogen (secondary N) is 1. The largest absolute Gasteiger partial charge is 0.508 e. The van der Waals surface area contributed by atoms with Crippen molar-refractivity contribution in [1.82, 2.24) is 5.32 Å². The van der Waals surface area contributed by atoms with E-state index in [-0.39, 0.29) is 18.1 Å². The Morgan fingerprint density at radius 2 is 2.06 bits per heavy atom. The summed E-state index contributed by atoms with van der Waals surface area (Å²) in [4.78, 5) is 11.8. The number of aryl methyl sites for hydroxylation is 1. The molecule has 1 amide bonds. The lowest BCUT2D eigenvalue weighted by Crippen LogP contribution is -2.24. The van der Waals surface area contributed by atoms with Gasteiger partial charge < -0.3 is 10.4 Å². The second kappa shape index (κ2) is 5.69. The summed E-state index contributed by atoms with van der Waals surface area (Å²) in [6.45, 7) is 2.57. The molecule has 2 N–H and O–H groups in total. The summed E-state index contributed by atoms with van der Waals surface area (Å²) < 4.78 is 0. The smallest absolute Gasteiger partial charge is 0.224 e. The average molecular weight is 261 g/mol. The van der Waals surface area contributed by atoms with E-state index in [0.717, 1.165) is 5.56 Å². The quantitative estimate of drug-likeness (QED) is 0.889. The standard InChI is InChI=1S/C14H15NO2S/c1-10-8-18-9-12(10)7-15-14(17)6-11-4-2-3-5-13(11)16/h2-5,8-9,16H,6-7H2,1H3,(H,15,17). The lowest BCUT2D eigenvalue weighted by molar-refractivity contribution is -0.120. The highest BCUT2D eigenvalue weighted by atomic mass is 32.1. The first-order valence-electron chi connectivity index (χ1n) is 5.72. The number of aromatic hydroxyl groups is 1. The van der Waals surface area contributed by atoms with E-state index >= 15 is 0 Å². The van der Waals surface area contributed by atoms with Gasteiger partial charge >= 0.3 is 0 Å². The fourth-order valence-corrected chi connectivity index (χ4v) is 2.51. The number of hydrogen-bond acceptors (Lipinski definition) is 3. The number of carbonyl (C=O) groups excluding carboxylic acids is 1. The first-order chi connectivity index (χ1) is 8.66. The molecule has 0 atom stereocenters. The maximum Gasteiger partial charge on any atom is 0.224 e. The molecule has 4 heteroatoms. The Labute approximate surface area is 110 Å². The Bertz CT molecular complexity index is 548. The minimum absolute atomic E-state index is 0.0814. The number of benzene rings is 1. The van der Waals surface area contributed by atoms with Crippen molar-refractivity contribution >= 4 is 17.2 Å². The minimum Gasteiger partial charge on any atom is -0.508 e. The topological polar surface area (TPSA) is 49.3 Å². The van der Waals surface area contributed by atoms with Crippen molar-refractivity contribution in [1.29, 1.82) is 0 Å². The molecule has 1 aromatic heterocycles. The molecule has 0 radical (unpaired) electrons. The van der Waals surface area contributed by atoms with E-state index in [4.69, 9.17) is 0 Å². The van der Waals surface area contributed by atoms with Gasteiger partial charge in [-0.05, 0) is 34.9 Å². The van der Waals surface area contributed by atoms with E-state index in [1.165, 1.54) is 5.56 Å². The van der Waals surface area contributed by atoms with Gasteiger partial charge in [0.2, 0.25) is 5.91 Å². The summed E-state index contributed by atoms with van der Waals surface area (Å²) in [5, 5.41) is 16.5. The second-order valence-electron chi connectivity index (χ2n) is 4.16. The highest BCUT2D eigenvalue weighted by Gasteiger charge is 2.07. The first kappa shape index (κ1) is 12.6. The van der Waals surface area contributed by atoms with Crippen LogP contribution in [0.15, 0.2) is 35.0 Å². The molecule has 0 unspecified atom stereocenters. The molecular formula is C14H15NO2S. The van der Waals surface area contributed by atoms with Crippen LogP contribution < -0.4 is 5.32 Å². The molecule has 0 aliphatic carbocycles. The monoisotopic (exact) mass is 261 g/mol. The number of para-hydroxylation sites is 1. The van der Waals surface area contributed by atoms with Crippen LogP contribution in [0.4, 0.5) is 0 Å². The Kier molecular flexibility index (Phi) is 3.99. The Morgan fingerprint density at radius 3 is 2.72 bits per heavy atom. The molecule has 1 heterocycles. The van der Waals surface area contributed by atoms with E-state index in [0.29, 0.717) is 12.1 Å². The number of phenolic OH excluding ortho intramolecular Hbond substituents is 1. The van der Waals surface area contributed by atoms with Crippen LogP contribution in [0.2, 0.25) is 0 Å². The van der Waals surface area contributed by atoms with Crippen molar-refractivity contribution in [3.63, 3.8) is 0 Å². The van der Waals surface area contributed by atoms with Crippen molar-refractivity contribution < 1.29 is 9.90 Å². The number of hydrogen-bond donors (Lipinski definition) is 2. The highest BCUT2D eigenvalue weighted by Crippen LogP contribution is 2.16. The van der Waals surface area contributed by atoms with Gasteiger partial charge in [0.1, 0.15) is 5.75 Å². The third-order valence-corrected chi connectivity index (χ3v) is 3.69. The summed E-state index contributed by atoms with van der Waals surface area (Å²) in [6.07, 6.45) is 0.204. The van der Waals surface area contributed by atoms with Gasteiger partial charge in [0.15, 0.2) is 0 Å². The van der Waals surface area contributed by atoms with Gasteiger partial charge in [0.25, 0.3) is 0 Å². The summed E-state index contributed by atoms with van der Waals surface area (Å²) in [6, 6.07) is 6.90. The van der Waals surface area contributed by atoms with Crippen LogP contribution in [0.25, 0.3) is 0 Å². The zero-order valence-electron chi connectivity index (χ0n) is 10.1.